The number of amides is 2. The zero-order chi connectivity index (χ0) is 19.0. The fourth-order valence-electron chi connectivity index (χ4n) is 3.22. The molecule has 1 fully saturated rings. The Balaban J connectivity index is 1.44. The Kier molecular flexibility index (Phi) is 4.31. The fraction of sp³-hybridized carbons (Fsp3) is 0.263. The van der Waals surface area contributed by atoms with Gasteiger partial charge in [-0.15, -0.1) is 10.2 Å². The minimum Gasteiger partial charge on any atom is -0.335 e. The first-order chi connectivity index (χ1) is 13.0. The number of aryl methyl sites for hydroxylation is 1. The molecule has 0 radical (unpaired) electrons. The van der Waals surface area contributed by atoms with E-state index in [1.54, 1.807) is 51.0 Å². The van der Waals surface area contributed by atoms with Gasteiger partial charge in [0.1, 0.15) is 12.1 Å². The topological polar surface area (TPSA) is 70.8 Å². The minimum absolute atomic E-state index is 0.0767. The second-order valence-electron chi connectivity index (χ2n) is 6.58. The lowest BCUT2D eigenvalue weighted by molar-refractivity contribution is 0.0532. The molecule has 0 spiro atoms. The average molecular weight is 367 g/mol. The summed E-state index contributed by atoms with van der Waals surface area (Å²) in [6.07, 6.45) is 3.23. The highest BCUT2D eigenvalue weighted by molar-refractivity contribution is 5.96. The van der Waals surface area contributed by atoms with Crippen LogP contribution in [0.1, 0.15) is 26.3 Å². The van der Waals surface area contributed by atoms with E-state index >= 15 is 0 Å². The van der Waals surface area contributed by atoms with Crippen molar-refractivity contribution in [3.8, 4) is 0 Å². The van der Waals surface area contributed by atoms with Crippen LogP contribution in [0.3, 0.4) is 0 Å². The Hall–Kier alpha value is -3.29. The molecule has 0 unspecified atom stereocenters. The monoisotopic (exact) mass is 367 g/mol. The van der Waals surface area contributed by atoms with Gasteiger partial charge >= 0.3 is 0 Å². The zero-order valence-corrected chi connectivity index (χ0v) is 14.8. The lowest BCUT2D eigenvalue weighted by atomic mass is 10.1. The standard InChI is InChI=1S/C19H18FN5O2/c1-13-2-4-16(20)15(10-13)19(27)24-8-6-23(7-9-24)18(26)14-3-5-17-22-21-12-25(17)11-14/h2-5,10-12H,6-9H2,1H3. The number of nitrogens with zero attached hydrogens (tertiary/aromatic N) is 5. The van der Waals surface area contributed by atoms with Crippen molar-refractivity contribution in [1.29, 1.82) is 0 Å². The first-order valence-corrected chi connectivity index (χ1v) is 8.67. The number of hydrogen-bond acceptors (Lipinski definition) is 4. The van der Waals surface area contributed by atoms with Gasteiger partial charge in [0.2, 0.25) is 0 Å². The van der Waals surface area contributed by atoms with E-state index in [1.807, 2.05) is 6.92 Å². The highest BCUT2D eigenvalue weighted by Gasteiger charge is 2.27. The number of carbonyl (C=O) groups is 2. The van der Waals surface area contributed by atoms with Crippen molar-refractivity contribution in [2.75, 3.05) is 26.2 Å². The Labute approximate surface area is 155 Å². The van der Waals surface area contributed by atoms with Crippen molar-refractivity contribution in [3.05, 3.63) is 65.4 Å². The normalized spacial score (nSPS) is 14.6. The van der Waals surface area contributed by atoms with Crippen LogP contribution in [0.25, 0.3) is 5.65 Å². The number of fused-ring (bicyclic) bond motifs is 1. The van der Waals surface area contributed by atoms with Crippen LogP contribution in [-0.2, 0) is 0 Å². The molecule has 1 aliphatic heterocycles. The van der Waals surface area contributed by atoms with Crippen molar-refractivity contribution >= 4 is 17.5 Å². The maximum Gasteiger partial charge on any atom is 0.256 e. The van der Waals surface area contributed by atoms with Crippen molar-refractivity contribution in [1.82, 2.24) is 24.4 Å². The smallest absolute Gasteiger partial charge is 0.256 e. The number of halogens is 1. The largest absolute Gasteiger partial charge is 0.335 e. The molecule has 7 nitrogen and oxygen atoms in total. The molecule has 8 heteroatoms. The molecule has 2 amide bonds. The molecular weight excluding hydrogens is 349 g/mol. The molecular formula is C19H18FN5O2. The van der Waals surface area contributed by atoms with E-state index < -0.39 is 5.82 Å². The Bertz CT molecular complexity index is 1020. The van der Waals surface area contributed by atoms with Crippen molar-refractivity contribution in [3.63, 3.8) is 0 Å². The van der Waals surface area contributed by atoms with Gasteiger partial charge in [-0.05, 0) is 31.2 Å². The van der Waals surface area contributed by atoms with E-state index in [9.17, 15) is 14.0 Å². The van der Waals surface area contributed by atoms with Crippen LogP contribution in [0.2, 0.25) is 0 Å². The van der Waals surface area contributed by atoms with E-state index in [4.69, 9.17) is 0 Å². The molecule has 1 saturated heterocycles. The number of hydrogen-bond donors (Lipinski definition) is 0. The summed E-state index contributed by atoms with van der Waals surface area (Å²) in [5, 5.41) is 7.72. The number of rotatable bonds is 2. The van der Waals surface area contributed by atoms with Gasteiger partial charge in [0.25, 0.3) is 11.8 Å². The molecule has 3 aromatic rings. The maximum atomic E-state index is 14.0. The van der Waals surface area contributed by atoms with E-state index in [1.165, 1.54) is 6.07 Å². The predicted molar refractivity (Wildman–Crippen MR) is 95.9 cm³/mol. The molecule has 3 heterocycles. The van der Waals surface area contributed by atoms with Crippen molar-refractivity contribution < 1.29 is 14.0 Å². The number of carbonyl (C=O) groups excluding carboxylic acids is 2. The second kappa shape index (κ2) is 6.79. The SMILES string of the molecule is Cc1ccc(F)c(C(=O)N2CCN(C(=O)c3ccc4nncn4c3)CC2)c1. The number of benzene rings is 1. The van der Waals surface area contributed by atoms with Crippen LogP contribution in [0.15, 0.2) is 42.9 Å². The summed E-state index contributed by atoms with van der Waals surface area (Å²) in [7, 11) is 0. The first-order valence-electron chi connectivity index (χ1n) is 8.67. The zero-order valence-electron chi connectivity index (χ0n) is 14.8. The maximum absolute atomic E-state index is 14.0. The summed E-state index contributed by atoms with van der Waals surface area (Å²) in [6.45, 7) is 3.36. The summed E-state index contributed by atoms with van der Waals surface area (Å²) in [5.74, 6) is -0.972. The molecule has 27 heavy (non-hydrogen) atoms. The van der Waals surface area contributed by atoms with Gasteiger partial charge in [-0.3, -0.25) is 14.0 Å². The second-order valence-corrected chi connectivity index (χ2v) is 6.58. The first kappa shape index (κ1) is 17.1. The molecule has 0 aliphatic carbocycles. The fourth-order valence-corrected chi connectivity index (χ4v) is 3.22. The van der Waals surface area contributed by atoms with Crippen molar-refractivity contribution in [2.45, 2.75) is 6.92 Å². The molecule has 0 atom stereocenters. The predicted octanol–water partition coefficient (Wildman–Crippen LogP) is 1.78. The summed E-state index contributed by atoms with van der Waals surface area (Å²) in [4.78, 5) is 28.6. The van der Waals surface area contributed by atoms with Crippen LogP contribution in [-0.4, -0.2) is 62.4 Å². The van der Waals surface area contributed by atoms with Gasteiger partial charge in [-0.25, -0.2) is 4.39 Å². The molecule has 138 valence electrons. The molecule has 4 rings (SSSR count). The minimum atomic E-state index is -0.522. The van der Waals surface area contributed by atoms with Crippen molar-refractivity contribution in [2.24, 2.45) is 0 Å². The van der Waals surface area contributed by atoms with Gasteiger partial charge in [0.05, 0.1) is 11.1 Å². The summed E-state index contributed by atoms with van der Waals surface area (Å²) >= 11 is 0. The lowest BCUT2D eigenvalue weighted by Gasteiger charge is -2.35. The Morgan fingerprint density at radius 1 is 1.00 bits per heavy atom. The summed E-state index contributed by atoms with van der Waals surface area (Å²) < 4.78 is 15.7. The molecule has 1 aliphatic rings. The van der Waals surface area contributed by atoms with Crippen LogP contribution in [0.5, 0.6) is 0 Å². The Morgan fingerprint density at radius 2 is 1.70 bits per heavy atom. The van der Waals surface area contributed by atoms with Crippen LogP contribution >= 0.6 is 0 Å². The number of piperazine rings is 1. The highest BCUT2D eigenvalue weighted by atomic mass is 19.1. The van der Waals surface area contributed by atoms with Crippen LogP contribution < -0.4 is 0 Å². The molecule has 1 aromatic carbocycles. The van der Waals surface area contributed by atoms with E-state index in [-0.39, 0.29) is 17.4 Å². The molecule has 2 aromatic heterocycles. The molecule has 0 N–H and O–H groups in total. The lowest BCUT2D eigenvalue weighted by Crippen LogP contribution is -2.50. The summed E-state index contributed by atoms with van der Waals surface area (Å²) in [5.41, 5.74) is 2.11. The highest BCUT2D eigenvalue weighted by Crippen LogP contribution is 2.16. The van der Waals surface area contributed by atoms with E-state index in [0.717, 1.165) is 5.56 Å². The quantitative estimate of drug-likeness (QED) is 0.692. The third-order valence-corrected chi connectivity index (χ3v) is 4.74. The third kappa shape index (κ3) is 3.25. The molecule has 0 saturated carbocycles. The number of pyridine rings is 1. The van der Waals surface area contributed by atoms with Gasteiger partial charge in [0.15, 0.2) is 5.65 Å². The molecule has 0 bridgehead atoms. The van der Waals surface area contributed by atoms with Crippen LogP contribution in [0.4, 0.5) is 4.39 Å². The van der Waals surface area contributed by atoms with E-state index in [2.05, 4.69) is 10.2 Å². The van der Waals surface area contributed by atoms with Gasteiger partial charge in [-0.2, -0.15) is 0 Å². The Morgan fingerprint density at radius 3 is 2.44 bits per heavy atom. The number of aromatic nitrogens is 3. The van der Waals surface area contributed by atoms with Gasteiger partial charge in [-0.1, -0.05) is 11.6 Å². The third-order valence-electron chi connectivity index (χ3n) is 4.74. The van der Waals surface area contributed by atoms with Gasteiger partial charge in [0, 0.05) is 32.4 Å². The summed E-state index contributed by atoms with van der Waals surface area (Å²) in [6, 6.07) is 7.95. The van der Waals surface area contributed by atoms with Crippen LogP contribution in [0, 0.1) is 12.7 Å². The van der Waals surface area contributed by atoms with E-state index in [0.29, 0.717) is 37.4 Å². The van der Waals surface area contributed by atoms with Gasteiger partial charge < -0.3 is 9.80 Å². The average Bonchev–Trinajstić information content (AvgIpc) is 3.16.